The molecule has 0 amide bonds. The van der Waals surface area contributed by atoms with Crippen LogP contribution in [0.5, 0.6) is 11.5 Å². The topological polar surface area (TPSA) is 29.5 Å². The van der Waals surface area contributed by atoms with Crippen LogP contribution in [-0.2, 0) is 6.18 Å². The van der Waals surface area contributed by atoms with E-state index in [1.165, 1.54) is 12.1 Å². The molecule has 2 aromatic carbocycles. The zero-order valence-corrected chi connectivity index (χ0v) is 17.0. The van der Waals surface area contributed by atoms with Crippen molar-refractivity contribution in [2.24, 2.45) is 0 Å². The lowest BCUT2D eigenvalue weighted by atomic mass is 9.85. The van der Waals surface area contributed by atoms with E-state index in [-0.39, 0.29) is 5.75 Å². The predicted octanol–water partition coefficient (Wildman–Crippen LogP) is 7.18. The van der Waals surface area contributed by atoms with Gasteiger partial charge in [0.25, 0.3) is 0 Å². The van der Waals surface area contributed by atoms with Crippen LogP contribution in [0, 0.1) is 0 Å². The minimum Gasteiger partial charge on any atom is -0.508 e. The minimum absolute atomic E-state index is 0.0620. The van der Waals surface area contributed by atoms with E-state index in [1.54, 1.807) is 18.2 Å². The second-order valence-electron chi connectivity index (χ2n) is 7.26. The van der Waals surface area contributed by atoms with Crippen LogP contribution in [0.15, 0.2) is 78.4 Å². The number of halogens is 3. The van der Waals surface area contributed by atoms with Gasteiger partial charge in [0, 0.05) is 11.1 Å². The molecule has 156 valence electrons. The summed E-state index contributed by atoms with van der Waals surface area (Å²) in [6.45, 7) is 9.41. The van der Waals surface area contributed by atoms with Crippen LogP contribution in [0.1, 0.15) is 37.5 Å². The van der Waals surface area contributed by atoms with Crippen LogP contribution in [-0.4, -0.2) is 11.2 Å². The number of hydrogen-bond donors (Lipinski definition) is 1. The summed E-state index contributed by atoms with van der Waals surface area (Å²) in [6, 6.07) is 9.99. The number of benzene rings is 2. The first-order valence-electron chi connectivity index (χ1n) is 9.50. The normalized spacial score (nSPS) is 17.1. The Labute approximate surface area is 174 Å². The van der Waals surface area contributed by atoms with Crippen LogP contribution in [0.25, 0.3) is 11.1 Å². The number of aromatic hydroxyl groups is 1. The summed E-state index contributed by atoms with van der Waals surface area (Å²) in [7, 11) is 0. The maximum absolute atomic E-state index is 13.3. The second-order valence-corrected chi connectivity index (χ2v) is 7.26. The highest BCUT2D eigenvalue weighted by Gasteiger charge is 2.33. The van der Waals surface area contributed by atoms with E-state index in [2.05, 4.69) is 6.58 Å². The van der Waals surface area contributed by atoms with Crippen molar-refractivity contribution >= 4 is 11.1 Å². The van der Waals surface area contributed by atoms with Gasteiger partial charge in [-0.05, 0) is 67.8 Å². The molecule has 3 rings (SSSR count). The average Bonchev–Trinajstić information content (AvgIpc) is 2.68. The standard InChI is InChI=1S/C25H23F3O2/c1-5-17(10-9-15(2)3)24-23(18-7-6-8-19(13-18)25(26,27)28)16(4)21-14-20(29)11-12-22(21)30-24/h5-14,24,29H,2H2,1,3-4H3/b10-9-,17-5+/t24-/m1/s1. The molecule has 0 radical (unpaired) electrons. The number of fused-ring (bicyclic) bond motifs is 1. The van der Waals surface area contributed by atoms with Gasteiger partial charge in [0.1, 0.15) is 17.6 Å². The molecule has 1 N–H and O–H groups in total. The lowest BCUT2D eigenvalue weighted by Crippen LogP contribution is -2.25. The van der Waals surface area contributed by atoms with Gasteiger partial charge in [0.2, 0.25) is 0 Å². The van der Waals surface area contributed by atoms with E-state index in [4.69, 9.17) is 4.74 Å². The Balaban J connectivity index is 2.24. The Morgan fingerprint density at radius 3 is 2.50 bits per heavy atom. The molecule has 0 unspecified atom stereocenters. The third-order valence-corrected chi connectivity index (χ3v) is 4.98. The summed E-state index contributed by atoms with van der Waals surface area (Å²) in [4.78, 5) is 0. The van der Waals surface area contributed by atoms with Gasteiger partial charge in [-0.15, -0.1) is 0 Å². The van der Waals surface area contributed by atoms with Crippen molar-refractivity contribution in [3.63, 3.8) is 0 Å². The van der Waals surface area contributed by atoms with Gasteiger partial charge < -0.3 is 9.84 Å². The van der Waals surface area contributed by atoms with E-state index < -0.39 is 17.8 Å². The largest absolute Gasteiger partial charge is 0.508 e. The van der Waals surface area contributed by atoms with Crippen molar-refractivity contribution < 1.29 is 23.0 Å². The van der Waals surface area contributed by atoms with Gasteiger partial charge in [0.15, 0.2) is 0 Å². The van der Waals surface area contributed by atoms with Gasteiger partial charge in [-0.2, -0.15) is 13.2 Å². The molecular formula is C25H23F3O2. The first kappa shape index (κ1) is 21.5. The Bertz CT molecular complexity index is 1070. The van der Waals surface area contributed by atoms with Crippen molar-refractivity contribution in [3.05, 3.63) is 95.1 Å². The molecule has 0 aromatic heterocycles. The van der Waals surface area contributed by atoms with E-state index >= 15 is 0 Å². The minimum atomic E-state index is -4.45. The first-order chi connectivity index (χ1) is 14.1. The summed E-state index contributed by atoms with van der Waals surface area (Å²) in [5, 5.41) is 9.92. The summed E-state index contributed by atoms with van der Waals surface area (Å²) < 4.78 is 46.3. The number of rotatable bonds is 4. The quantitative estimate of drug-likeness (QED) is 0.539. The van der Waals surface area contributed by atoms with Crippen LogP contribution in [0.4, 0.5) is 13.2 Å². The molecule has 0 spiro atoms. The molecule has 0 saturated heterocycles. The van der Waals surface area contributed by atoms with Crippen molar-refractivity contribution in [1.82, 2.24) is 0 Å². The molecule has 0 fully saturated rings. The van der Waals surface area contributed by atoms with E-state index in [9.17, 15) is 18.3 Å². The molecule has 30 heavy (non-hydrogen) atoms. The maximum atomic E-state index is 13.3. The zero-order chi connectivity index (χ0) is 22.1. The SMILES string of the molecule is C=C(C)/C=C\C(=C/C)[C@H]1Oc2ccc(O)cc2C(C)=C1c1cccc(C(F)(F)F)c1. The molecular weight excluding hydrogens is 389 g/mol. The van der Waals surface area contributed by atoms with Gasteiger partial charge in [-0.1, -0.05) is 42.5 Å². The fraction of sp³-hybridized carbons (Fsp3) is 0.200. The Hall–Kier alpha value is -3.21. The Morgan fingerprint density at radius 2 is 1.87 bits per heavy atom. The van der Waals surface area contributed by atoms with Crippen LogP contribution in [0.2, 0.25) is 0 Å². The van der Waals surface area contributed by atoms with Crippen molar-refractivity contribution in [1.29, 1.82) is 0 Å². The first-order valence-corrected chi connectivity index (χ1v) is 9.50. The fourth-order valence-electron chi connectivity index (χ4n) is 3.48. The average molecular weight is 412 g/mol. The molecule has 5 heteroatoms. The van der Waals surface area contributed by atoms with Crippen LogP contribution < -0.4 is 4.74 Å². The molecule has 0 aliphatic carbocycles. The molecule has 1 atom stereocenters. The molecule has 0 bridgehead atoms. The predicted molar refractivity (Wildman–Crippen MR) is 114 cm³/mol. The van der Waals surface area contributed by atoms with Crippen LogP contribution in [0.3, 0.4) is 0 Å². The maximum Gasteiger partial charge on any atom is 0.416 e. The number of phenols is 1. The summed E-state index contributed by atoms with van der Waals surface area (Å²) in [5.74, 6) is 0.626. The smallest absolute Gasteiger partial charge is 0.416 e. The molecule has 2 aromatic rings. The lowest BCUT2D eigenvalue weighted by molar-refractivity contribution is -0.137. The lowest BCUT2D eigenvalue weighted by Gasteiger charge is -2.32. The molecule has 1 heterocycles. The van der Waals surface area contributed by atoms with Gasteiger partial charge >= 0.3 is 6.18 Å². The zero-order valence-electron chi connectivity index (χ0n) is 17.0. The van der Waals surface area contributed by atoms with Crippen LogP contribution >= 0.6 is 0 Å². The number of alkyl halides is 3. The Morgan fingerprint density at radius 1 is 1.13 bits per heavy atom. The molecule has 0 saturated carbocycles. The fourth-order valence-corrected chi connectivity index (χ4v) is 3.48. The van der Waals surface area contributed by atoms with Gasteiger partial charge in [0.05, 0.1) is 5.56 Å². The molecule has 1 aliphatic rings. The van der Waals surface area contributed by atoms with Gasteiger partial charge in [-0.3, -0.25) is 0 Å². The number of phenolic OH excluding ortho intramolecular Hbond substituents is 1. The number of allylic oxidation sites excluding steroid dienone is 4. The van der Waals surface area contributed by atoms with Crippen molar-refractivity contribution in [2.75, 3.05) is 0 Å². The summed E-state index contributed by atoms with van der Waals surface area (Å²) in [5.41, 5.74) is 3.36. The monoisotopic (exact) mass is 412 g/mol. The van der Waals surface area contributed by atoms with E-state index in [0.717, 1.165) is 28.9 Å². The highest BCUT2D eigenvalue weighted by atomic mass is 19.4. The molecule has 2 nitrogen and oxygen atoms in total. The third-order valence-electron chi connectivity index (χ3n) is 4.98. The summed E-state index contributed by atoms with van der Waals surface area (Å²) in [6.07, 6.45) is 0.514. The molecule has 1 aliphatic heterocycles. The highest BCUT2D eigenvalue weighted by Crippen LogP contribution is 2.44. The third kappa shape index (κ3) is 4.35. The Kier molecular flexibility index (Phi) is 5.92. The number of hydrogen-bond acceptors (Lipinski definition) is 2. The van der Waals surface area contributed by atoms with Gasteiger partial charge in [-0.25, -0.2) is 0 Å². The van der Waals surface area contributed by atoms with Crippen molar-refractivity contribution in [3.8, 4) is 11.5 Å². The van der Waals surface area contributed by atoms with E-state index in [1.807, 2.05) is 39.0 Å². The highest BCUT2D eigenvalue weighted by molar-refractivity contribution is 5.96. The number of ether oxygens (including phenoxy) is 1. The summed E-state index contributed by atoms with van der Waals surface area (Å²) >= 11 is 0. The van der Waals surface area contributed by atoms with Crippen molar-refractivity contribution in [2.45, 2.75) is 33.1 Å². The second kappa shape index (κ2) is 8.27. The van der Waals surface area contributed by atoms with E-state index in [0.29, 0.717) is 22.4 Å².